The van der Waals surface area contributed by atoms with E-state index in [-0.39, 0.29) is 23.4 Å². The lowest BCUT2D eigenvalue weighted by molar-refractivity contribution is -0.138. The van der Waals surface area contributed by atoms with Gasteiger partial charge in [-0.3, -0.25) is 4.79 Å². The molecule has 5 nitrogen and oxygen atoms in total. The van der Waals surface area contributed by atoms with Gasteiger partial charge in [0.15, 0.2) is 0 Å². The van der Waals surface area contributed by atoms with Gasteiger partial charge in [0.2, 0.25) is 0 Å². The van der Waals surface area contributed by atoms with Crippen molar-refractivity contribution in [3.63, 3.8) is 0 Å². The highest BCUT2D eigenvalue weighted by molar-refractivity contribution is 6.16. The number of rotatable bonds is 3. The molecule has 18 heavy (non-hydrogen) atoms. The highest BCUT2D eigenvalue weighted by Crippen LogP contribution is 2.24. The second-order valence-corrected chi connectivity index (χ2v) is 4.91. The first-order valence-electron chi connectivity index (χ1n) is 6.49. The summed E-state index contributed by atoms with van der Waals surface area (Å²) in [6.07, 6.45) is 3.86. The minimum atomic E-state index is -0.543. The number of amides is 1. The number of methoxy groups -OCH3 is 1. The van der Waals surface area contributed by atoms with Crippen molar-refractivity contribution >= 4 is 11.9 Å². The number of hydrogen-bond donors (Lipinski definition) is 1. The van der Waals surface area contributed by atoms with Gasteiger partial charge in [-0.2, -0.15) is 0 Å². The van der Waals surface area contributed by atoms with Gasteiger partial charge in [-0.1, -0.05) is 13.0 Å². The van der Waals surface area contributed by atoms with Crippen molar-refractivity contribution in [2.45, 2.75) is 25.8 Å². The Bertz CT molecular complexity index is 378. The molecule has 0 saturated carbocycles. The van der Waals surface area contributed by atoms with Gasteiger partial charge in [0, 0.05) is 25.0 Å². The molecule has 0 aromatic heterocycles. The van der Waals surface area contributed by atoms with Crippen LogP contribution in [-0.4, -0.2) is 49.6 Å². The van der Waals surface area contributed by atoms with E-state index < -0.39 is 5.97 Å². The SMILES string of the molecule is CCCN1CC[C@@H]2NC(=O)C(C(=O)OC)=C[C@H]2C1. The van der Waals surface area contributed by atoms with Crippen LogP contribution in [0.5, 0.6) is 0 Å². The van der Waals surface area contributed by atoms with Crippen LogP contribution in [-0.2, 0) is 14.3 Å². The molecule has 100 valence electrons. The Kier molecular flexibility index (Phi) is 4.01. The van der Waals surface area contributed by atoms with Crippen LogP contribution in [0.1, 0.15) is 19.8 Å². The van der Waals surface area contributed by atoms with E-state index in [0.717, 1.165) is 32.5 Å². The number of esters is 1. The molecule has 2 aliphatic heterocycles. The maximum atomic E-state index is 11.8. The molecule has 0 bridgehead atoms. The maximum Gasteiger partial charge on any atom is 0.343 e. The molecule has 2 atom stereocenters. The summed E-state index contributed by atoms with van der Waals surface area (Å²) >= 11 is 0. The quantitative estimate of drug-likeness (QED) is 0.580. The summed E-state index contributed by atoms with van der Waals surface area (Å²) in [5.74, 6) is -0.622. The van der Waals surface area contributed by atoms with Crippen molar-refractivity contribution in [3.8, 4) is 0 Å². The summed E-state index contributed by atoms with van der Waals surface area (Å²) in [6.45, 7) is 5.14. The molecule has 0 spiro atoms. The zero-order chi connectivity index (χ0) is 13.1. The first-order valence-corrected chi connectivity index (χ1v) is 6.49. The van der Waals surface area contributed by atoms with Crippen LogP contribution in [0, 0.1) is 5.92 Å². The smallest absolute Gasteiger partial charge is 0.343 e. The Morgan fingerprint density at radius 3 is 3.06 bits per heavy atom. The molecule has 2 aliphatic rings. The van der Waals surface area contributed by atoms with Gasteiger partial charge < -0.3 is 15.0 Å². The lowest BCUT2D eigenvalue weighted by atomic mass is 9.87. The fourth-order valence-electron chi connectivity index (χ4n) is 2.73. The van der Waals surface area contributed by atoms with Gasteiger partial charge in [0.05, 0.1) is 7.11 Å². The van der Waals surface area contributed by atoms with Crippen LogP contribution in [0.15, 0.2) is 11.6 Å². The Morgan fingerprint density at radius 1 is 1.61 bits per heavy atom. The third-order valence-electron chi connectivity index (χ3n) is 3.63. The molecule has 0 aliphatic carbocycles. The van der Waals surface area contributed by atoms with Crippen LogP contribution in [0.4, 0.5) is 0 Å². The van der Waals surface area contributed by atoms with Crippen molar-refractivity contribution in [1.82, 2.24) is 10.2 Å². The van der Waals surface area contributed by atoms with Gasteiger partial charge in [-0.25, -0.2) is 4.79 Å². The van der Waals surface area contributed by atoms with Crippen molar-refractivity contribution in [2.24, 2.45) is 5.92 Å². The third-order valence-corrected chi connectivity index (χ3v) is 3.63. The molecule has 5 heteroatoms. The Labute approximate surface area is 107 Å². The molecular formula is C13H20N2O3. The average Bonchev–Trinajstić information content (AvgIpc) is 2.38. The minimum absolute atomic E-state index is 0.150. The number of likely N-dealkylation sites (tertiary alicyclic amines) is 1. The molecular weight excluding hydrogens is 232 g/mol. The molecule has 2 heterocycles. The maximum absolute atomic E-state index is 11.8. The summed E-state index contributed by atoms with van der Waals surface area (Å²) in [5, 5.41) is 2.91. The molecule has 1 N–H and O–H groups in total. The van der Waals surface area contributed by atoms with Gasteiger partial charge >= 0.3 is 5.97 Å². The molecule has 1 amide bonds. The van der Waals surface area contributed by atoms with Crippen LogP contribution >= 0.6 is 0 Å². The first kappa shape index (κ1) is 13.1. The first-order chi connectivity index (χ1) is 8.65. The summed E-state index contributed by atoms with van der Waals surface area (Å²) in [7, 11) is 1.30. The fourth-order valence-corrected chi connectivity index (χ4v) is 2.73. The highest BCUT2D eigenvalue weighted by Gasteiger charge is 2.35. The van der Waals surface area contributed by atoms with E-state index in [9.17, 15) is 9.59 Å². The minimum Gasteiger partial charge on any atom is -0.465 e. The van der Waals surface area contributed by atoms with E-state index in [4.69, 9.17) is 0 Å². The zero-order valence-electron chi connectivity index (χ0n) is 10.9. The molecule has 1 saturated heterocycles. The predicted octanol–water partition coefficient (Wildman–Crippen LogP) is 0.316. The summed E-state index contributed by atoms with van der Waals surface area (Å²) < 4.78 is 4.63. The molecule has 1 fully saturated rings. The number of carbonyl (C=O) groups is 2. The Balaban J connectivity index is 2.12. The third kappa shape index (κ3) is 2.56. The van der Waals surface area contributed by atoms with Crippen molar-refractivity contribution < 1.29 is 14.3 Å². The Morgan fingerprint density at radius 2 is 2.39 bits per heavy atom. The normalized spacial score (nSPS) is 28.1. The van der Waals surface area contributed by atoms with Gasteiger partial charge in [-0.15, -0.1) is 0 Å². The molecule has 0 aromatic carbocycles. The van der Waals surface area contributed by atoms with E-state index >= 15 is 0 Å². The second kappa shape index (κ2) is 5.52. The number of nitrogens with one attached hydrogen (secondary N) is 1. The lowest BCUT2D eigenvalue weighted by Crippen LogP contribution is -2.54. The van der Waals surface area contributed by atoms with Crippen LogP contribution in [0.25, 0.3) is 0 Å². The van der Waals surface area contributed by atoms with Gasteiger partial charge in [-0.05, 0) is 19.4 Å². The van der Waals surface area contributed by atoms with Crippen LogP contribution < -0.4 is 5.32 Å². The zero-order valence-corrected chi connectivity index (χ0v) is 10.9. The van der Waals surface area contributed by atoms with Crippen LogP contribution in [0.3, 0.4) is 0 Å². The van der Waals surface area contributed by atoms with E-state index in [0.29, 0.717) is 0 Å². The van der Waals surface area contributed by atoms with Crippen molar-refractivity contribution in [2.75, 3.05) is 26.7 Å². The standard InChI is InChI=1S/C13H20N2O3/c1-3-5-15-6-4-11-9(8-15)7-10(12(16)14-11)13(17)18-2/h7,9,11H,3-6,8H2,1-2H3,(H,14,16)/t9-,11-/m0/s1. The summed E-state index contributed by atoms with van der Waals surface area (Å²) in [6, 6.07) is 0.166. The van der Waals surface area contributed by atoms with Crippen molar-refractivity contribution in [1.29, 1.82) is 0 Å². The summed E-state index contributed by atoms with van der Waals surface area (Å²) in [5.41, 5.74) is 0.150. The van der Waals surface area contributed by atoms with E-state index in [2.05, 4.69) is 21.9 Å². The van der Waals surface area contributed by atoms with E-state index in [1.165, 1.54) is 7.11 Å². The average molecular weight is 252 g/mol. The number of hydrogen-bond acceptors (Lipinski definition) is 4. The number of carbonyl (C=O) groups excluding carboxylic acids is 2. The second-order valence-electron chi connectivity index (χ2n) is 4.91. The van der Waals surface area contributed by atoms with E-state index in [1.807, 2.05) is 0 Å². The lowest BCUT2D eigenvalue weighted by Gasteiger charge is -2.39. The Hall–Kier alpha value is -1.36. The number of nitrogens with zero attached hydrogens (tertiary/aromatic N) is 1. The number of piperidine rings is 1. The number of fused-ring (bicyclic) bond motifs is 1. The fraction of sp³-hybridized carbons (Fsp3) is 0.692. The molecule has 0 radical (unpaired) electrons. The molecule has 0 aromatic rings. The predicted molar refractivity (Wildman–Crippen MR) is 66.9 cm³/mol. The van der Waals surface area contributed by atoms with Crippen LogP contribution in [0.2, 0.25) is 0 Å². The topological polar surface area (TPSA) is 58.6 Å². The van der Waals surface area contributed by atoms with Crippen molar-refractivity contribution in [3.05, 3.63) is 11.6 Å². The van der Waals surface area contributed by atoms with Gasteiger partial charge in [0.1, 0.15) is 5.57 Å². The largest absolute Gasteiger partial charge is 0.465 e. The molecule has 2 rings (SSSR count). The monoisotopic (exact) mass is 252 g/mol. The highest BCUT2D eigenvalue weighted by atomic mass is 16.5. The summed E-state index contributed by atoms with van der Waals surface area (Å²) in [4.78, 5) is 25.6. The van der Waals surface area contributed by atoms with Gasteiger partial charge in [0.25, 0.3) is 5.91 Å². The van der Waals surface area contributed by atoms with E-state index in [1.54, 1.807) is 6.08 Å². The molecule has 0 unspecified atom stereocenters. The number of ether oxygens (including phenoxy) is 1.